The number of hydrogen-bond acceptors (Lipinski definition) is 3. The van der Waals surface area contributed by atoms with Crippen LogP contribution in [0, 0.1) is 13.5 Å². The van der Waals surface area contributed by atoms with Crippen molar-refractivity contribution in [2.24, 2.45) is 0 Å². The maximum atomic E-state index is 10.0. The summed E-state index contributed by atoms with van der Waals surface area (Å²) in [5.74, 6) is 0. The summed E-state index contributed by atoms with van der Waals surface area (Å²) in [7, 11) is -0.466. The molecular weight excluding hydrogens is 339 g/mol. The summed E-state index contributed by atoms with van der Waals surface area (Å²) in [5.41, 5.74) is 2.85. The molecule has 1 saturated heterocycles. The maximum Gasteiger partial charge on any atom is 0.496 e. The second-order valence-corrected chi connectivity index (χ2v) is 8.97. The SMILES string of the molecule is [C-]#[N+]c1cc2c(B3OC(C)(C)C(C)(C)O3)cn([C@@H]3CC[C@H](O)C3)c2cc1C. The molecule has 2 aliphatic rings. The monoisotopic (exact) mass is 366 g/mol. The third-order valence-electron chi connectivity index (χ3n) is 6.58. The second-order valence-electron chi connectivity index (χ2n) is 8.97. The molecule has 0 spiro atoms. The van der Waals surface area contributed by atoms with Gasteiger partial charge >= 0.3 is 7.12 Å². The first-order valence-electron chi connectivity index (χ1n) is 9.69. The number of fused-ring (bicyclic) bond motifs is 1. The van der Waals surface area contributed by atoms with Crippen LogP contribution < -0.4 is 5.46 Å². The molecular formula is C21H27BN2O3. The first kappa shape index (κ1) is 18.6. The fourth-order valence-corrected chi connectivity index (χ4v) is 4.18. The molecule has 0 amide bonds. The molecule has 1 saturated carbocycles. The lowest BCUT2D eigenvalue weighted by atomic mass is 9.79. The van der Waals surface area contributed by atoms with Gasteiger partial charge in [0.25, 0.3) is 0 Å². The number of rotatable bonds is 2. The zero-order valence-electron chi connectivity index (χ0n) is 16.7. The van der Waals surface area contributed by atoms with E-state index in [4.69, 9.17) is 15.9 Å². The van der Waals surface area contributed by atoms with Crippen molar-refractivity contribution in [2.75, 3.05) is 0 Å². The summed E-state index contributed by atoms with van der Waals surface area (Å²) < 4.78 is 14.8. The van der Waals surface area contributed by atoms with Crippen LogP contribution in [0.1, 0.15) is 58.6 Å². The van der Waals surface area contributed by atoms with Gasteiger partial charge in [0.15, 0.2) is 5.69 Å². The summed E-state index contributed by atoms with van der Waals surface area (Å²) in [5, 5.41) is 11.0. The van der Waals surface area contributed by atoms with Crippen molar-refractivity contribution in [1.29, 1.82) is 0 Å². The van der Waals surface area contributed by atoms with E-state index in [-0.39, 0.29) is 12.1 Å². The van der Waals surface area contributed by atoms with Crippen molar-refractivity contribution in [2.45, 2.75) is 77.2 Å². The molecule has 2 heterocycles. The van der Waals surface area contributed by atoms with E-state index in [9.17, 15) is 5.11 Å². The van der Waals surface area contributed by atoms with Crippen LogP contribution in [-0.4, -0.2) is 34.1 Å². The van der Waals surface area contributed by atoms with Gasteiger partial charge in [-0.25, -0.2) is 4.85 Å². The zero-order chi connectivity index (χ0) is 19.6. The fourth-order valence-electron chi connectivity index (χ4n) is 4.18. The number of aliphatic hydroxyl groups excluding tert-OH is 1. The normalized spacial score (nSPS) is 26.6. The number of nitrogens with zero attached hydrogens (tertiary/aromatic N) is 2. The van der Waals surface area contributed by atoms with Crippen molar-refractivity contribution in [1.82, 2.24) is 4.57 Å². The Morgan fingerprint density at radius 1 is 1.19 bits per heavy atom. The van der Waals surface area contributed by atoms with Crippen LogP contribution in [-0.2, 0) is 9.31 Å². The van der Waals surface area contributed by atoms with Gasteiger partial charge < -0.3 is 19.0 Å². The van der Waals surface area contributed by atoms with Crippen molar-refractivity contribution in [3.8, 4) is 0 Å². The molecule has 0 unspecified atom stereocenters. The first-order chi connectivity index (χ1) is 12.6. The second kappa shape index (κ2) is 6.10. The van der Waals surface area contributed by atoms with E-state index < -0.39 is 18.3 Å². The molecule has 4 rings (SSSR count). The Balaban J connectivity index is 1.87. The highest BCUT2D eigenvalue weighted by Gasteiger charge is 2.52. The average Bonchev–Trinajstić information content (AvgIpc) is 3.21. The Labute approximate surface area is 161 Å². The Bertz CT molecular complexity index is 925. The van der Waals surface area contributed by atoms with Crippen LogP contribution in [0.2, 0.25) is 0 Å². The molecule has 2 aromatic rings. The van der Waals surface area contributed by atoms with Crippen molar-refractivity contribution >= 4 is 29.2 Å². The molecule has 27 heavy (non-hydrogen) atoms. The van der Waals surface area contributed by atoms with E-state index in [2.05, 4.69) is 21.7 Å². The van der Waals surface area contributed by atoms with Crippen LogP contribution in [0.5, 0.6) is 0 Å². The van der Waals surface area contributed by atoms with E-state index in [1.54, 1.807) is 0 Å². The largest absolute Gasteiger partial charge is 0.496 e. The van der Waals surface area contributed by atoms with Crippen LogP contribution in [0.15, 0.2) is 18.3 Å². The van der Waals surface area contributed by atoms with Gasteiger partial charge in [0, 0.05) is 23.2 Å². The Morgan fingerprint density at radius 3 is 2.41 bits per heavy atom. The molecule has 142 valence electrons. The molecule has 1 aliphatic carbocycles. The van der Waals surface area contributed by atoms with Crippen LogP contribution in [0.25, 0.3) is 15.7 Å². The molecule has 5 nitrogen and oxygen atoms in total. The number of hydrogen-bond donors (Lipinski definition) is 1. The van der Waals surface area contributed by atoms with Gasteiger partial charge in [-0.2, -0.15) is 0 Å². The molecule has 1 aliphatic heterocycles. The third-order valence-corrected chi connectivity index (χ3v) is 6.58. The van der Waals surface area contributed by atoms with Gasteiger partial charge in [0.2, 0.25) is 0 Å². The molecule has 1 aromatic carbocycles. The average molecular weight is 366 g/mol. The van der Waals surface area contributed by atoms with E-state index in [0.717, 1.165) is 41.2 Å². The van der Waals surface area contributed by atoms with Crippen LogP contribution >= 0.6 is 0 Å². The van der Waals surface area contributed by atoms with Crippen LogP contribution in [0.3, 0.4) is 0 Å². The number of benzene rings is 1. The summed E-state index contributed by atoms with van der Waals surface area (Å²) >= 11 is 0. The highest BCUT2D eigenvalue weighted by molar-refractivity contribution is 6.65. The highest BCUT2D eigenvalue weighted by Crippen LogP contribution is 2.39. The minimum Gasteiger partial charge on any atom is -0.399 e. The van der Waals surface area contributed by atoms with Gasteiger partial charge in [0.05, 0.1) is 23.9 Å². The molecule has 0 radical (unpaired) electrons. The van der Waals surface area contributed by atoms with Crippen molar-refractivity contribution in [3.05, 3.63) is 35.3 Å². The molecule has 2 fully saturated rings. The predicted molar refractivity (Wildman–Crippen MR) is 108 cm³/mol. The lowest BCUT2D eigenvalue weighted by Gasteiger charge is -2.32. The highest BCUT2D eigenvalue weighted by atomic mass is 16.7. The number of aliphatic hydroxyl groups is 1. The minimum absolute atomic E-state index is 0.239. The van der Waals surface area contributed by atoms with E-state index in [1.807, 2.05) is 40.7 Å². The molecule has 0 bridgehead atoms. The Hall–Kier alpha value is -1.81. The van der Waals surface area contributed by atoms with E-state index in [1.165, 1.54) is 0 Å². The Morgan fingerprint density at radius 2 is 1.85 bits per heavy atom. The van der Waals surface area contributed by atoms with E-state index >= 15 is 0 Å². The molecule has 1 N–H and O–H groups in total. The van der Waals surface area contributed by atoms with Gasteiger partial charge in [-0.3, -0.25) is 0 Å². The summed E-state index contributed by atoms with van der Waals surface area (Å²) in [6.45, 7) is 17.7. The number of aromatic nitrogens is 1. The van der Waals surface area contributed by atoms with Crippen molar-refractivity contribution in [3.63, 3.8) is 0 Å². The molecule has 6 heteroatoms. The summed E-state index contributed by atoms with van der Waals surface area (Å²) in [6.07, 6.45) is 4.42. The standard InChI is InChI=1S/C21H27BN2O3/c1-13-9-19-16(11-18(13)23-6)17(12-24(19)14-7-8-15(25)10-14)22-26-20(2,3)21(4,5)27-22/h9,11-12,14-15,25H,7-8,10H2,1-5H3/t14-,15+/m1/s1. The maximum absolute atomic E-state index is 10.0. The Kier molecular flexibility index (Phi) is 4.19. The summed E-state index contributed by atoms with van der Waals surface area (Å²) in [4.78, 5) is 3.68. The van der Waals surface area contributed by atoms with E-state index in [0.29, 0.717) is 5.69 Å². The lowest BCUT2D eigenvalue weighted by Crippen LogP contribution is -2.41. The van der Waals surface area contributed by atoms with Crippen LogP contribution in [0.4, 0.5) is 5.69 Å². The fraction of sp³-hybridized carbons (Fsp3) is 0.571. The minimum atomic E-state index is -0.466. The zero-order valence-corrected chi connectivity index (χ0v) is 16.7. The lowest BCUT2D eigenvalue weighted by molar-refractivity contribution is 0.00578. The van der Waals surface area contributed by atoms with Crippen molar-refractivity contribution < 1.29 is 14.4 Å². The third kappa shape index (κ3) is 2.89. The smallest absolute Gasteiger partial charge is 0.399 e. The molecule has 1 aromatic heterocycles. The first-order valence-corrected chi connectivity index (χ1v) is 9.69. The van der Waals surface area contributed by atoms with Gasteiger partial charge in [-0.05, 0) is 77.0 Å². The van der Waals surface area contributed by atoms with Gasteiger partial charge in [-0.15, -0.1) is 0 Å². The summed E-state index contributed by atoms with van der Waals surface area (Å²) in [6, 6.07) is 4.30. The molecule has 2 atom stereocenters. The van der Waals surface area contributed by atoms with Gasteiger partial charge in [-0.1, -0.05) is 0 Å². The van der Waals surface area contributed by atoms with Gasteiger partial charge in [0.1, 0.15) is 0 Å². The topological polar surface area (TPSA) is 48.0 Å². The quantitative estimate of drug-likeness (QED) is 0.648. The number of aryl methyl sites for hydroxylation is 1. The predicted octanol–water partition coefficient (Wildman–Crippen LogP) is 3.89.